The molecule has 1 aliphatic heterocycles. The minimum absolute atomic E-state index is 0.208. The molecule has 0 saturated carbocycles. The molecule has 0 radical (unpaired) electrons. The number of nitrogens with zero attached hydrogens (tertiary/aromatic N) is 2. The molecule has 0 atom stereocenters. The second-order valence-corrected chi connectivity index (χ2v) is 5.16. The van der Waals surface area contributed by atoms with E-state index in [1.165, 1.54) is 0 Å². The number of carbonyl (C=O) groups is 1. The van der Waals surface area contributed by atoms with Gasteiger partial charge in [0.1, 0.15) is 17.9 Å². The van der Waals surface area contributed by atoms with E-state index in [4.69, 9.17) is 19.5 Å². The molecule has 1 saturated heterocycles. The Labute approximate surface area is 142 Å². The molecule has 1 aromatic carbocycles. The normalized spacial score (nSPS) is 14.0. The van der Waals surface area contributed by atoms with E-state index in [1.54, 1.807) is 6.07 Å². The lowest BCUT2D eigenvalue weighted by Crippen LogP contribution is -2.36. The molecule has 0 spiro atoms. The number of ether oxygens (including phenoxy) is 3. The predicted octanol–water partition coefficient (Wildman–Crippen LogP) is 2.17. The molecule has 1 fully saturated rings. The Morgan fingerprint density at radius 1 is 1.25 bits per heavy atom. The first-order valence-electron chi connectivity index (χ1n) is 8.12. The van der Waals surface area contributed by atoms with Crippen LogP contribution in [-0.4, -0.2) is 45.4 Å². The van der Waals surface area contributed by atoms with Gasteiger partial charge in [0.25, 0.3) is 0 Å². The number of amides is 1. The molecule has 0 bridgehead atoms. The average Bonchev–Trinajstić information content (AvgIpc) is 2.58. The van der Waals surface area contributed by atoms with Crippen LogP contribution in [-0.2, 0) is 9.53 Å². The van der Waals surface area contributed by atoms with Gasteiger partial charge in [0.15, 0.2) is 0 Å². The smallest absolute Gasteiger partial charge is 0.238 e. The molecule has 0 aromatic heterocycles. The number of benzene rings is 1. The lowest BCUT2D eigenvalue weighted by atomic mass is 10.2. The van der Waals surface area contributed by atoms with Crippen molar-refractivity contribution >= 4 is 17.3 Å². The number of anilines is 2. The fourth-order valence-electron chi connectivity index (χ4n) is 2.51. The Bertz CT molecular complexity index is 607. The summed E-state index contributed by atoms with van der Waals surface area (Å²) in [6.07, 6.45) is -0.208. The van der Waals surface area contributed by atoms with Crippen LogP contribution in [0.1, 0.15) is 20.3 Å². The van der Waals surface area contributed by atoms with Crippen molar-refractivity contribution in [1.29, 1.82) is 5.26 Å². The molecule has 1 aliphatic rings. The molecule has 7 heteroatoms. The summed E-state index contributed by atoms with van der Waals surface area (Å²) in [6.45, 7) is 7.64. The number of rotatable bonds is 7. The maximum absolute atomic E-state index is 11.8. The minimum atomic E-state index is -0.375. The van der Waals surface area contributed by atoms with Crippen molar-refractivity contribution in [1.82, 2.24) is 0 Å². The van der Waals surface area contributed by atoms with Gasteiger partial charge < -0.3 is 24.4 Å². The van der Waals surface area contributed by atoms with E-state index < -0.39 is 0 Å². The fourth-order valence-corrected chi connectivity index (χ4v) is 2.51. The fraction of sp³-hybridized carbons (Fsp3) is 0.529. The molecule has 1 heterocycles. The van der Waals surface area contributed by atoms with Crippen LogP contribution in [0.3, 0.4) is 0 Å². The average molecular weight is 333 g/mol. The molecule has 130 valence electrons. The molecule has 0 aliphatic carbocycles. The van der Waals surface area contributed by atoms with Crippen molar-refractivity contribution in [3.05, 3.63) is 12.1 Å². The SMILES string of the molecule is CCOc1cc(N2CCOCC2)c(OCC)cc1NC(=O)CC#N. The highest BCUT2D eigenvalue weighted by atomic mass is 16.5. The van der Waals surface area contributed by atoms with E-state index in [9.17, 15) is 4.79 Å². The van der Waals surface area contributed by atoms with E-state index in [2.05, 4.69) is 10.2 Å². The summed E-state index contributed by atoms with van der Waals surface area (Å²) in [6, 6.07) is 5.47. The van der Waals surface area contributed by atoms with E-state index in [-0.39, 0.29) is 12.3 Å². The van der Waals surface area contributed by atoms with Gasteiger partial charge in [-0.1, -0.05) is 0 Å². The van der Waals surface area contributed by atoms with Gasteiger partial charge in [-0.3, -0.25) is 4.79 Å². The summed E-state index contributed by atoms with van der Waals surface area (Å²) in [5, 5.41) is 11.4. The molecular formula is C17H23N3O4. The van der Waals surface area contributed by atoms with Crippen molar-refractivity contribution in [3.8, 4) is 17.6 Å². The maximum Gasteiger partial charge on any atom is 0.238 e. The van der Waals surface area contributed by atoms with Crippen molar-refractivity contribution in [2.45, 2.75) is 20.3 Å². The van der Waals surface area contributed by atoms with Crippen LogP contribution in [0.2, 0.25) is 0 Å². The number of hydrogen-bond acceptors (Lipinski definition) is 6. The van der Waals surface area contributed by atoms with E-state index >= 15 is 0 Å². The zero-order chi connectivity index (χ0) is 17.4. The Kier molecular flexibility index (Phi) is 6.70. The van der Waals surface area contributed by atoms with Gasteiger partial charge >= 0.3 is 0 Å². The highest BCUT2D eigenvalue weighted by molar-refractivity contribution is 5.94. The maximum atomic E-state index is 11.8. The number of carbonyl (C=O) groups excluding carboxylic acids is 1. The van der Waals surface area contributed by atoms with Crippen molar-refractivity contribution < 1.29 is 19.0 Å². The highest BCUT2D eigenvalue weighted by Gasteiger charge is 2.20. The second-order valence-electron chi connectivity index (χ2n) is 5.16. The van der Waals surface area contributed by atoms with Gasteiger partial charge in [0, 0.05) is 25.2 Å². The van der Waals surface area contributed by atoms with Gasteiger partial charge in [-0.2, -0.15) is 5.26 Å². The van der Waals surface area contributed by atoms with Crippen LogP contribution < -0.4 is 19.7 Å². The third-order valence-electron chi connectivity index (χ3n) is 3.53. The van der Waals surface area contributed by atoms with Crippen molar-refractivity contribution in [2.75, 3.05) is 49.7 Å². The Hall–Kier alpha value is -2.46. The number of nitriles is 1. The first-order chi connectivity index (χ1) is 11.7. The van der Waals surface area contributed by atoms with Crippen LogP contribution in [0, 0.1) is 11.3 Å². The first-order valence-corrected chi connectivity index (χ1v) is 8.12. The van der Waals surface area contributed by atoms with E-state index in [1.807, 2.05) is 26.0 Å². The molecule has 24 heavy (non-hydrogen) atoms. The summed E-state index contributed by atoms with van der Waals surface area (Å²) in [5.74, 6) is 0.865. The molecule has 1 aromatic rings. The van der Waals surface area contributed by atoms with Crippen molar-refractivity contribution in [2.24, 2.45) is 0 Å². The molecule has 7 nitrogen and oxygen atoms in total. The lowest BCUT2D eigenvalue weighted by Gasteiger charge is -2.31. The largest absolute Gasteiger partial charge is 0.492 e. The number of hydrogen-bond donors (Lipinski definition) is 1. The van der Waals surface area contributed by atoms with Crippen LogP contribution in [0.4, 0.5) is 11.4 Å². The Morgan fingerprint density at radius 3 is 2.54 bits per heavy atom. The summed E-state index contributed by atoms with van der Waals surface area (Å²) in [4.78, 5) is 13.9. The number of morpholine rings is 1. The summed E-state index contributed by atoms with van der Waals surface area (Å²) in [5.41, 5.74) is 1.43. The Balaban J connectivity index is 2.37. The standard InChI is InChI=1S/C17H23N3O4/c1-3-23-15-12-14(20-7-9-22-10-8-20)16(24-4-2)11-13(15)19-17(21)5-6-18/h11-12H,3-5,7-10H2,1-2H3,(H,19,21). The second kappa shape index (κ2) is 8.99. The summed E-state index contributed by atoms with van der Waals surface area (Å²) < 4.78 is 16.8. The number of nitrogens with one attached hydrogen (secondary N) is 1. The van der Waals surface area contributed by atoms with Gasteiger partial charge in [-0.25, -0.2) is 0 Å². The third-order valence-corrected chi connectivity index (χ3v) is 3.53. The van der Waals surface area contributed by atoms with Crippen LogP contribution in [0.25, 0.3) is 0 Å². The monoisotopic (exact) mass is 333 g/mol. The molecular weight excluding hydrogens is 310 g/mol. The van der Waals surface area contributed by atoms with Crippen LogP contribution >= 0.6 is 0 Å². The zero-order valence-corrected chi connectivity index (χ0v) is 14.1. The van der Waals surface area contributed by atoms with Gasteiger partial charge in [-0.05, 0) is 13.8 Å². The Morgan fingerprint density at radius 2 is 1.92 bits per heavy atom. The lowest BCUT2D eigenvalue weighted by molar-refractivity contribution is -0.115. The van der Waals surface area contributed by atoms with Crippen molar-refractivity contribution in [3.63, 3.8) is 0 Å². The van der Waals surface area contributed by atoms with Crippen LogP contribution in [0.15, 0.2) is 12.1 Å². The van der Waals surface area contributed by atoms with E-state index in [0.717, 1.165) is 18.8 Å². The minimum Gasteiger partial charge on any atom is -0.492 e. The van der Waals surface area contributed by atoms with Gasteiger partial charge in [-0.15, -0.1) is 0 Å². The zero-order valence-electron chi connectivity index (χ0n) is 14.1. The first kappa shape index (κ1) is 17.9. The van der Waals surface area contributed by atoms with E-state index in [0.29, 0.717) is 43.6 Å². The topological polar surface area (TPSA) is 83.8 Å². The third kappa shape index (κ3) is 4.52. The molecule has 1 N–H and O–H groups in total. The van der Waals surface area contributed by atoms with Gasteiger partial charge in [0.05, 0.1) is 43.9 Å². The molecule has 2 rings (SSSR count). The van der Waals surface area contributed by atoms with Gasteiger partial charge in [0.2, 0.25) is 5.91 Å². The molecule has 1 amide bonds. The van der Waals surface area contributed by atoms with Crippen LogP contribution in [0.5, 0.6) is 11.5 Å². The highest BCUT2D eigenvalue weighted by Crippen LogP contribution is 2.39. The summed E-state index contributed by atoms with van der Waals surface area (Å²) in [7, 11) is 0. The summed E-state index contributed by atoms with van der Waals surface area (Å²) >= 11 is 0. The molecule has 0 unspecified atom stereocenters. The predicted molar refractivity (Wildman–Crippen MR) is 90.7 cm³/mol. The quantitative estimate of drug-likeness (QED) is 0.823.